The van der Waals surface area contributed by atoms with Crippen LogP contribution in [-0.4, -0.2) is 39.6 Å². The number of unbranched alkanes of at least 4 members (excludes halogenated alkanes) is 1. The highest BCUT2D eigenvalue weighted by atomic mass is 35.5. The van der Waals surface area contributed by atoms with E-state index in [1.54, 1.807) is 7.11 Å². The first-order valence-corrected chi connectivity index (χ1v) is 14.7. The minimum absolute atomic E-state index is 0.266. The smallest absolute Gasteiger partial charge is 0.394 e. The fraction of sp³-hybridized carbons (Fsp3) is 0.406. The van der Waals surface area contributed by atoms with Crippen molar-refractivity contribution < 1.29 is 22.7 Å². The van der Waals surface area contributed by atoms with Crippen LogP contribution in [-0.2, 0) is 15.8 Å². The van der Waals surface area contributed by atoms with Gasteiger partial charge >= 0.3 is 6.18 Å². The summed E-state index contributed by atoms with van der Waals surface area (Å²) in [4.78, 5) is 5.06. The lowest BCUT2D eigenvalue weighted by atomic mass is 9.77. The molecule has 228 valence electrons. The molecule has 0 aromatic heterocycles. The van der Waals surface area contributed by atoms with Gasteiger partial charge in [-0.1, -0.05) is 70.8 Å². The standard InChI is InChI=1S/C17H17Cl2N.C15H21F3N2O2/c1-20-17-9-7-12(13-4-2-3-5-14(13)17)11-6-8-15(18)16(19)10-11;1-21-10-3-2-4-14(20-22-11-9-19)12-5-7-13(8-6-12)15(16,17)18/h2-6,8,10,12,17,20H,7,9H2,1H3;5-8H,2-4,9-11,19H2,1H3/b;20-14+/t12-,17-;/m0./s1. The van der Waals surface area contributed by atoms with Gasteiger partial charge in [-0.25, -0.2) is 0 Å². The van der Waals surface area contributed by atoms with Gasteiger partial charge in [0.1, 0.15) is 6.61 Å². The number of hydrogen-bond donors (Lipinski definition) is 2. The lowest BCUT2D eigenvalue weighted by Gasteiger charge is -2.32. The van der Waals surface area contributed by atoms with Gasteiger partial charge in [0, 0.05) is 32.2 Å². The Morgan fingerprint density at radius 1 is 0.952 bits per heavy atom. The molecule has 3 N–H and O–H groups in total. The topological polar surface area (TPSA) is 68.9 Å². The molecular formula is C32H38Cl2F3N3O2. The molecule has 42 heavy (non-hydrogen) atoms. The van der Waals surface area contributed by atoms with Gasteiger partial charge in [0.05, 0.1) is 21.3 Å². The Morgan fingerprint density at radius 3 is 2.29 bits per heavy atom. The highest BCUT2D eigenvalue weighted by molar-refractivity contribution is 6.42. The minimum Gasteiger partial charge on any atom is -0.394 e. The first-order chi connectivity index (χ1) is 20.2. The van der Waals surface area contributed by atoms with E-state index in [-0.39, 0.29) is 6.61 Å². The molecule has 0 unspecified atom stereocenters. The zero-order valence-electron chi connectivity index (χ0n) is 23.9. The van der Waals surface area contributed by atoms with E-state index in [0.29, 0.717) is 52.9 Å². The third-order valence-corrected chi connectivity index (χ3v) is 7.87. The van der Waals surface area contributed by atoms with Gasteiger partial charge in [0.25, 0.3) is 0 Å². The molecule has 1 aliphatic rings. The zero-order chi connectivity index (χ0) is 30.5. The quantitative estimate of drug-likeness (QED) is 0.128. The molecule has 2 atom stereocenters. The summed E-state index contributed by atoms with van der Waals surface area (Å²) in [5.74, 6) is 0.408. The largest absolute Gasteiger partial charge is 0.416 e. The molecule has 5 nitrogen and oxygen atoms in total. The summed E-state index contributed by atoms with van der Waals surface area (Å²) in [7, 11) is 3.65. The second-order valence-electron chi connectivity index (χ2n) is 9.96. The first-order valence-electron chi connectivity index (χ1n) is 14.0. The third kappa shape index (κ3) is 9.71. The molecule has 3 aromatic carbocycles. The fourth-order valence-electron chi connectivity index (χ4n) is 4.97. The van der Waals surface area contributed by atoms with Crippen LogP contribution in [0, 0.1) is 0 Å². The number of methoxy groups -OCH3 is 1. The summed E-state index contributed by atoms with van der Waals surface area (Å²) in [6, 6.07) is 20.0. The Morgan fingerprint density at radius 2 is 1.67 bits per heavy atom. The SMILES string of the molecule is CN[C@H]1CC[C@@H](c2ccc(Cl)c(Cl)c2)c2ccccc21.COCCCC/C(=N\OCCN)c1ccc(C(F)(F)F)cc1. The number of nitrogens with one attached hydrogen (secondary N) is 1. The molecule has 0 amide bonds. The van der Waals surface area contributed by atoms with Crippen molar-refractivity contribution in [3.05, 3.63) is 105 Å². The summed E-state index contributed by atoms with van der Waals surface area (Å²) < 4.78 is 42.7. The summed E-state index contributed by atoms with van der Waals surface area (Å²) in [5, 5.41) is 8.65. The molecule has 4 rings (SSSR count). The molecule has 0 heterocycles. The van der Waals surface area contributed by atoms with Crippen molar-refractivity contribution in [2.75, 3.05) is 33.9 Å². The molecule has 0 saturated carbocycles. The van der Waals surface area contributed by atoms with Crippen LogP contribution in [0.4, 0.5) is 13.2 Å². The number of ether oxygens (including phenoxy) is 1. The molecule has 0 aliphatic heterocycles. The molecule has 0 saturated heterocycles. The maximum atomic E-state index is 12.6. The van der Waals surface area contributed by atoms with Crippen LogP contribution < -0.4 is 11.1 Å². The van der Waals surface area contributed by atoms with E-state index < -0.39 is 11.7 Å². The maximum Gasteiger partial charge on any atom is 0.416 e. The van der Waals surface area contributed by atoms with Gasteiger partial charge in [-0.3, -0.25) is 0 Å². The van der Waals surface area contributed by atoms with Crippen molar-refractivity contribution in [1.82, 2.24) is 5.32 Å². The molecule has 1 aliphatic carbocycles. The number of fused-ring (bicyclic) bond motifs is 1. The lowest BCUT2D eigenvalue weighted by Crippen LogP contribution is -2.24. The van der Waals surface area contributed by atoms with Crippen LogP contribution in [0.3, 0.4) is 0 Å². The average molecular weight is 625 g/mol. The van der Waals surface area contributed by atoms with Crippen molar-refractivity contribution in [2.45, 2.75) is 50.2 Å². The number of benzene rings is 3. The van der Waals surface area contributed by atoms with Crippen LogP contribution >= 0.6 is 23.2 Å². The minimum atomic E-state index is -4.34. The summed E-state index contributed by atoms with van der Waals surface area (Å²) >= 11 is 12.2. The van der Waals surface area contributed by atoms with Gasteiger partial charge in [0.2, 0.25) is 0 Å². The van der Waals surface area contributed by atoms with Crippen LogP contribution in [0.5, 0.6) is 0 Å². The molecule has 0 bridgehead atoms. The van der Waals surface area contributed by atoms with E-state index >= 15 is 0 Å². The molecule has 3 aromatic rings. The van der Waals surface area contributed by atoms with E-state index in [2.05, 4.69) is 40.8 Å². The summed E-state index contributed by atoms with van der Waals surface area (Å²) in [6.45, 7) is 1.22. The van der Waals surface area contributed by atoms with Crippen LogP contribution in [0.15, 0.2) is 71.9 Å². The number of halogens is 5. The van der Waals surface area contributed by atoms with Crippen LogP contribution in [0.2, 0.25) is 10.0 Å². The third-order valence-electron chi connectivity index (χ3n) is 7.13. The number of alkyl halides is 3. The predicted molar refractivity (Wildman–Crippen MR) is 164 cm³/mol. The lowest BCUT2D eigenvalue weighted by molar-refractivity contribution is -0.137. The monoisotopic (exact) mass is 623 g/mol. The van der Waals surface area contributed by atoms with Gasteiger partial charge in [0.15, 0.2) is 0 Å². The predicted octanol–water partition coefficient (Wildman–Crippen LogP) is 8.38. The molecule has 0 radical (unpaired) electrons. The second-order valence-corrected chi connectivity index (χ2v) is 10.8. The van der Waals surface area contributed by atoms with Crippen molar-refractivity contribution in [2.24, 2.45) is 10.9 Å². The van der Waals surface area contributed by atoms with E-state index in [0.717, 1.165) is 37.8 Å². The van der Waals surface area contributed by atoms with Crippen molar-refractivity contribution >= 4 is 28.9 Å². The number of hydrogen-bond acceptors (Lipinski definition) is 5. The van der Waals surface area contributed by atoms with E-state index in [1.165, 1.54) is 28.8 Å². The van der Waals surface area contributed by atoms with Gasteiger partial charge in [-0.05, 0) is 85.7 Å². The van der Waals surface area contributed by atoms with E-state index in [1.807, 2.05) is 19.2 Å². The number of rotatable bonds is 11. The molecule has 10 heteroatoms. The number of oxime groups is 1. The molecule has 0 fully saturated rings. The second kappa shape index (κ2) is 16.9. The van der Waals surface area contributed by atoms with Gasteiger partial charge in [-0.15, -0.1) is 0 Å². The van der Waals surface area contributed by atoms with Crippen molar-refractivity contribution in [1.29, 1.82) is 0 Å². The summed E-state index contributed by atoms with van der Waals surface area (Å²) in [5.41, 5.74) is 9.92. The Bertz CT molecular complexity index is 1290. The number of nitrogens with zero attached hydrogens (tertiary/aromatic N) is 1. The van der Waals surface area contributed by atoms with Gasteiger partial charge in [-0.2, -0.15) is 13.2 Å². The summed E-state index contributed by atoms with van der Waals surface area (Å²) in [6.07, 6.45) is 0.162. The number of nitrogens with two attached hydrogens (primary N) is 1. The molecular weight excluding hydrogens is 586 g/mol. The Hall–Kier alpha value is -2.62. The first kappa shape index (κ1) is 33.9. The highest BCUT2D eigenvalue weighted by Crippen LogP contribution is 2.42. The Balaban J connectivity index is 0.000000231. The van der Waals surface area contributed by atoms with Crippen LogP contribution in [0.25, 0.3) is 0 Å². The normalized spacial score (nSPS) is 16.8. The van der Waals surface area contributed by atoms with Crippen LogP contribution in [0.1, 0.15) is 71.9 Å². The molecule has 0 spiro atoms. The van der Waals surface area contributed by atoms with E-state index in [4.69, 9.17) is 38.5 Å². The van der Waals surface area contributed by atoms with E-state index in [9.17, 15) is 13.2 Å². The maximum absolute atomic E-state index is 12.6. The fourth-order valence-corrected chi connectivity index (χ4v) is 5.28. The average Bonchev–Trinajstić information content (AvgIpc) is 2.99. The van der Waals surface area contributed by atoms with Crippen molar-refractivity contribution in [3.63, 3.8) is 0 Å². The van der Waals surface area contributed by atoms with Gasteiger partial charge < -0.3 is 20.6 Å². The highest BCUT2D eigenvalue weighted by Gasteiger charge is 2.30. The van der Waals surface area contributed by atoms with Crippen molar-refractivity contribution in [3.8, 4) is 0 Å². The Labute approximate surface area is 256 Å². The zero-order valence-corrected chi connectivity index (χ0v) is 25.4. The Kier molecular flexibility index (Phi) is 13.6.